The van der Waals surface area contributed by atoms with Gasteiger partial charge >= 0.3 is 0 Å². The number of rotatable bonds is 4. The van der Waals surface area contributed by atoms with Gasteiger partial charge in [-0.3, -0.25) is 4.90 Å². The molecule has 0 bridgehead atoms. The smallest absolute Gasteiger partial charge is 0.241 e. The molecule has 1 saturated heterocycles. The topological polar surface area (TPSA) is 72.0 Å². The van der Waals surface area contributed by atoms with E-state index in [2.05, 4.69) is 38.5 Å². The molecular weight excluding hydrogens is 390 g/mol. The SMILES string of the molecule is c1cn2cc(-c3ccn4nc(NC5CCC(N6CCOCC6)CC5)ncc34)ccc2n1. The molecule has 1 aliphatic heterocycles. The molecular formula is C23H27N7O. The number of anilines is 1. The Balaban J connectivity index is 1.15. The van der Waals surface area contributed by atoms with E-state index in [4.69, 9.17) is 9.84 Å². The highest BCUT2D eigenvalue weighted by molar-refractivity contribution is 5.80. The zero-order chi connectivity index (χ0) is 20.6. The van der Waals surface area contributed by atoms with E-state index in [-0.39, 0.29) is 0 Å². The van der Waals surface area contributed by atoms with Crippen molar-refractivity contribution in [3.63, 3.8) is 0 Å². The molecule has 0 unspecified atom stereocenters. The van der Waals surface area contributed by atoms with Crippen LogP contribution in [0.4, 0.5) is 5.95 Å². The van der Waals surface area contributed by atoms with E-state index in [1.807, 2.05) is 39.8 Å². The molecule has 1 aliphatic carbocycles. The van der Waals surface area contributed by atoms with E-state index in [0.717, 1.165) is 61.4 Å². The molecule has 8 heteroatoms. The molecule has 1 N–H and O–H groups in total. The van der Waals surface area contributed by atoms with E-state index < -0.39 is 0 Å². The van der Waals surface area contributed by atoms with E-state index in [1.54, 1.807) is 0 Å². The maximum atomic E-state index is 5.49. The van der Waals surface area contributed by atoms with Gasteiger partial charge < -0.3 is 14.5 Å². The van der Waals surface area contributed by atoms with E-state index >= 15 is 0 Å². The number of nitrogens with zero attached hydrogens (tertiary/aromatic N) is 6. The zero-order valence-electron chi connectivity index (χ0n) is 17.5. The quantitative estimate of drug-likeness (QED) is 0.550. The highest BCUT2D eigenvalue weighted by atomic mass is 16.5. The summed E-state index contributed by atoms with van der Waals surface area (Å²) in [6, 6.07) is 7.36. The highest BCUT2D eigenvalue weighted by Gasteiger charge is 2.27. The molecule has 0 aromatic carbocycles. The fraction of sp³-hybridized carbons (Fsp3) is 0.435. The third-order valence-corrected chi connectivity index (χ3v) is 6.71. The standard InChI is InChI=1S/C23H27N7O/c1-6-22-24-8-10-29(22)16-17(1)20-7-9-30-21(20)15-25-23(27-30)26-18-2-4-19(5-3-18)28-11-13-31-14-12-28/h1,6-10,15-16,18-19H,2-5,11-14H2,(H,26,27). The van der Waals surface area contributed by atoms with Gasteiger partial charge in [-0.1, -0.05) is 0 Å². The van der Waals surface area contributed by atoms with Crippen molar-refractivity contribution in [3.05, 3.63) is 49.2 Å². The summed E-state index contributed by atoms with van der Waals surface area (Å²) in [5, 5.41) is 8.29. The lowest BCUT2D eigenvalue weighted by Crippen LogP contribution is -2.46. The Morgan fingerprint density at radius 3 is 2.71 bits per heavy atom. The molecule has 4 aromatic rings. The van der Waals surface area contributed by atoms with Crippen molar-refractivity contribution in [2.45, 2.75) is 37.8 Å². The van der Waals surface area contributed by atoms with Crippen LogP contribution in [-0.2, 0) is 4.74 Å². The molecule has 8 nitrogen and oxygen atoms in total. The Labute approximate surface area is 180 Å². The van der Waals surface area contributed by atoms with E-state index in [9.17, 15) is 0 Å². The first kappa shape index (κ1) is 18.8. The second-order valence-electron chi connectivity index (χ2n) is 8.55. The Morgan fingerprint density at radius 1 is 0.968 bits per heavy atom. The monoisotopic (exact) mass is 417 g/mol. The lowest BCUT2D eigenvalue weighted by Gasteiger charge is -2.38. The summed E-state index contributed by atoms with van der Waals surface area (Å²) in [6.07, 6.45) is 14.6. The first-order chi connectivity index (χ1) is 15.3. The minimum absolute atomic E-state index is 0.438. The molecule has 4 aromatic heterocycles. The predicted molar refractivity (Wildman–Crippen MR) is 119 cm³/mol. The molecule has 6 rings (SSSR count). The molecule has 2 fully saturated rings. The summed E-state index contributed by atoms with van der Waals surface area (Å²) in [4.78, 5) is 11.6. The first-order valence-corrected chi connectivity index (χ1v) is 11.2. The van der Waals surface area contributed by atoms with Crippen LogP contribution in [0, 0.1) is 0 Å². The Morgan fingerprint density at radius 2 is 1.84 bits per heavy atom. The maximum Gasteiger partial charge on any atom is 0.241 e. The fourth-order valence-corrected chi connectivity index (χ4v) is 5.00. The molecule has 1 saturated carbocycles. The fourth-order valence-electron chi connectivity index (χ4n) is 5.00. The van der Waals surface area contributed by atoms with Crippen LogP contribution < -0.4 is 5.32 Å². The van der Waals surface area contributed by atoms with Gasteiger partial charge in [-0.2, -0.15) is 0 Å². The van der Waals surface area contributed by atoms with Crippen molar-refractivity contribution in [1.82, 2.24) is 28.9 Å². The predicted octanol–water partition coefficient (Wildman–Crippen LogP) is 3.10. The molecule has 0 spiro atoms. The van der Waals surface area contributed by atoms with Gasteiger partial charge in [-0.05, 0) is 43.9 Å². The van der Waals surface area contributed by atoms with Gasteiger partial charge in [0.25, 0.3) is 0 Å². The molecule has 0 atom stereocenters. The number of pyridine rings is 1. The summed E-state index contributed by atoms with van der Waals surface area (Å²) in [7, 11) is 0. The third-order valence-electron chi connectivity index (χ3n) is 6.71. The van der Waals surface area contributed by atoms with Crippen molar-refractivity contribution in [2.75, 3.05) is 31.6 Å². The van der Waals surface area contributed by atoms with Gasteiger partial charge in [0.1, 0.15) is 5.65 Å². The molecule has 160 valence electrons. The van der Waals surface area contributed by atoms with Gasteiger partial charge in [0.2, 0.25) is 5.95 Å². The Kier molecular flexibility index (Phi) is 4.81. The minimum atomic E-state index is 0.438. The Hall–Kier alpha value is -2.97. The number of nitrogens with one attached hydrogen (secondary N) is 1. The van der Waals surface area contributed by atoms with Crippen LogP contribution >= 0.6 is 0 Å². The van der Waals surface area contributed by atoms with Crippen molar-refractivity contribution < 1.29 is 4.74 Å². The number of hydrogen-bond donors (Lipinski definition) is 1. The zero-order valence-corrected chi connectivity index (χ0v) is 17.5. The lowest BCUT2D eigenvalue weighted by atomic mass is 9.90. The average Bonchev–Trinajstić information content (AvgIpc) is 3.46. The van der Waals surface area contributed by atoms with Gasteiger partial charge in [-0.15, -0.1) is 5.10 Å². The summed E-state index contributed by atoms with van der Waals surface area (Å²) >= 11 is 0. The molecule has 5 heterocycles. The number of aromatic nitrogens is 5. The Bertz CT molecular complexity index is 1190. The largest absolute Gasteiger partial charge is 0.379 e. The van der Waals surface area contributed by atoms with Crippen LogP contribution in [0.25, 0.3) is 22.3 Å². The third kappa shape index (κ3) is 3.66. The normalized spacial score (nSPS) is 22.8. The van der Waals surface area contributed by atoms with Crippen LogP contribution in [0.15, 0.2) is 49.2 Å². The number of morpholine rings is 1. The number of fused-ring (bicyclic) bond motifs is 2. The summed E-state index contributed by atoms with van der Waals surface area (Å²) in [6.45, 7) is 3.90. The first-order valence-electron chi connectivity index (χ1n) is 11.2. The van der Waals surface area contributed by atoms with Crippen molar-refractivity contribution >= 4 is 17.1 Å². The van der Waals surface area contributed by atoms with E-state index in [1.165, 1.54) is 12.8 Å². The van der Waals surface area contributed by atoms with Gasteiger partial charge in [-0.25, -0.2) is 14.5 Å². The summed E-state index contributed by atoms with van der Waals surface area (Å²) in [5.41, 5.74) is 4.19. The highest BCUT2D eigenvalue weighted by Crippen LogP contribution is 2.27. The van der Waals surface area contributed by atoms with Crippen molar-refractivity contribution in [3.8, 4) is 11.1 Å². The maximum absolute atomic E-state index is 5.49. The molecule has 31 heavy (non-hydrogen) atoms. The van der Waals surface area contributed by atoms with Crippen LogP contribution in [0.1, 0.15) is 25.7 Å². The second-order valence-corrected chi connectivity index (χ2v) is 8.55. The lowest BCUT2D eigenvalue weighted by molar-refractivity contribution is 0.00790. The minimum Gasteiger partial charge on any atom is -0.379 e. The van der Waals surface area contributed by atoms with Crippen LogP contribution in [0.2, 0.25) is 0 Å². The number of ether oxygens (including phenoxy) is 1. The van der Waals surface area contributed by atoms with Crippen LogP contribution in [-0.4, -0.2) is 67.3 Å². The molecule has 0 amide bonds. The molecule has 2 aliphatic rings. The second kappa shape index (κ2) is 7.94. The van der Waals surface area contributed by atoms with Gasteiger partial charge in [0.15, 0.2) is 0 Å². The van der Waals surface area contributed by atoms with Crippen molar-refractivity contribution in [1.29, 1.82) is 0 Å². The van der Waals surface area contributed by atoms with Crippen LogP contribution in [0.3, 0.4) is 0 Å². The van der Waals surface area contributed by atoms with E-state index in [0.29, 0.717) is 18.0 Å². The number of hydrogen-bond acceptors (Lipinski definition) is 6. The van der Waals surface area contributed by atoms with Gasteiger partial charge in [0.05, 0.1) is 24.9 Å². The molecule has 0 radical (unpaired) electrons. The number of imidazole rings is 1. The van der Waals surface area contributed by atoms with Crippen molar-refractivity contribution in [2.24, 2.45) is 0 Å². The van der Waals surface area contributed by atoms with Crippen LogP contribution in [0.5, 0.6) is 0 Å². The summed E-state index contributed by atoms with van der Waals surface area (Å²) < 4.78 is 9.44. The summed E-state index contributed by atoms with van der Waals surface area (Å²) in [5.74, 6) is 0.703. The van der Waals surface area contributed by atoms with Gasteiger partial charge in [0, 0.05) is 61.1 Å². The average molecular weight is 418 g/mol.